The largest absolute Gasteiger partial charge is 0.300 e. The molecular formula is C17H16O3. The van der Waals surface area contributed by atoms with Gasteiger partial charge in [0.1, 0.15) is 12.1 Å². The van der Waals surface area contributed by atoms with Crippen LogP contribution in [-0.4, -0.2) is 17.9 Å². The summed E-state index contributed by atoms with van der Waals surface area (Å²) in [4.78, 5) is 31.8. The Morgan fingerprint density at radius 2 is 1.40 bits per heavy atom. The average Bonchev–Trinajstić information content (AvgIpc) is 2.49. The van der Waals surface area contributed by atoms with Crippen LogP contribution in [0.3, 0.4) is 0 Å². The van der Waals surface area contributed by atoms with Crippen molar-refractivity contribution in [2.75, 3.05) is 0 Å². The number of benzene rings is 2. The van der Waals surface area contributed by atoms with Gasteiger partial charge in [0.15, 0.2) is 5.78 Å². The maximum Gasteiger partial charge on any atom is 0.170 e. The van der Waals surface area contributed by atoms with Crippen molar-refractivity contribution in [2.45, 2.75) is 13.3 Å². The first-order valence-electron chi connectivity index (χ1n) is 6.21. The van der Waals surface area contributed by atoms with E-state index in [9.17, 15) is 14.4 Å². The van der Waals surface area contributed by atoms with E-state index >= 15 is 0 Å². The summed E-state index contributed by atoms with van der Waals surface area (Å²) in [5, 5.41) is 0. The van der Waals surface area contributed by atoms with Gasteiger partial charge in [0.25, 0.3) is 0 Å². The van der Waals surface area contributed by atoms with E-state index in [1.54, 1.807) is 36.4 Å². The van der Waals surface area contributed by atoms with Gasteiger partial charge in [-0.1, -0.05) is 60.7 Å². The minimum Gasteiger partial charge on any atom is -0.300 e. The van der Waals surface area contributed by atoms with Gasteiger partial charge in [0, 0.05) is 11.1 Å². The number of rotatable bonds is 4. The maximum absolute atomic E-state index is 11.2. The molecule has 0 aliphatic rings. The highest BCUT2D eigenvalue weighted by molar-refractivity contribution is 6.07. The van der Waals surface area contributed by atoms with Crippen molar-refractivity contribution in [1.82, 2.24) is 0 Å². The number of hydrogen-bond donors (Lipinski definition) is 0. The standard InChI is InChI=1S/C10H10O2.C7H6O/c1-8(11)7-10(12)9-5-3-2-4-6-9;8-6-7-4-2-1-3-5-7/h2-6H,7H2,1H3;1-6H. The zero-order valence-electron chi connectivity index (χ0n) is 11.3. The molecule has 0 radical (unpaired) electrons. The Labute approximate surface area is 118 Å². The smallest absolute Gasteiger partial charge is 0.170 e. The molecule has 2 aromatic carbocycles. The lowest BCUT2D eigenvalue weighted by atomic mass is 10.1. The number of aldehydes is 1. The monoisotopic (exact) mass is 268 g/mol. The van der Waals surface area contributed by atoms with Gasteiger partial charge in [0.2, 0.25) is 0 Å². The molecule has 2 rings (SSSR count). The summed E-state index contributed by atoms with van der Waals surface area (Å²) in [5.41, 5.74) is 1.33. The van der Waals surface area contributed by atoms with E-state index in [0.29, 0.717) is 5.56 Å². The van der Waals surface area contributed by atoms with Crippen LogP contribution in [-0.2, 0) is 4.79 Å². The molecule has 0 aliphatic carbocycles. The van der Waals surface area contributed by atoms with Crippen LogP contribution in [0.15, 0.2) is 60.7 Å². The summed E-state index contributed by atoms with van der Waals surface area (Å²) in [6, 6.07) is 17.9. The lowest BCUT2D eigenvalue weighted by Gasteiger charge is -1.95. The number of carbonyl (C=O) groups is 3. The molecule has 0 heterocycles. The Kier molecular flexibility index (Phi) is 6.62. The molecule has 0 spiro atoms. The topological polar surface area (TPSA) is 51.2 Å². The first kappa shape index (κ1) is 15.5. The van der Waals surface area contributed by atoms with Crippen molar-refractivity contribution < 1.29 is 14.4 Å². The zero-order valence-corrected chi connectivity index (χ0v) is 11.3. The lowest BCUT2D eigenvalue weighted by Crippen LogP contribution is -2.04. The molecule has 0 amide bonds. The highest BCUT2D eigenvalue weighted by atomic mass is 16.1. The molecular weight excluding hydrogens is 252 g/mol. The molecule has 0 bridgehead atoms. The third-order valence-corrected chi connectivity index (χ3v) is 2.44. The van der Waals surface area contributed by atoms with Crippen LogP contribution in [0, 0.1) is 0 Å². The summed E-state index contributed by atoms with van der Waals surface area (Å²) in [6.07, 6.45) is 0.837. The predicted octanol–water partition coefficient (Wildman–Crippen LogP) is 3.35. The van der Waals surface area contributed by atoms with Crippen LogP contribution in [0.5, 0.6) is 0 Å². The molecule has 0 N–H and O–H groups in total. The number of hydrogen-bond acceptors (Lipinski definition) is 3. The van der Waals surface area contributed by atoms with Crippen molar-refractivity contribution in [3.8, 4) is 0 Å². The molecule has 0 fully saturated rings. The Balaban J connectivity index is 0.000000217. The lowest BCUT2D eigenvalue weighted by molar-refractivity contribution is -0.116. The average molecular weight is 268 g/mol. The van der Waals surface area contributed by atoms with E-state index in [0.717, 1.165) is 11.8 Å². The van der Waals surface area contributed by atoms with Crippen LogP contribution in [0.1, 0.15) is 34.1 Å². The molecule has 3 nitrogen and oxygen atoms in total. The van der Waals surface area contributed by atoms with Crippen LogP contribution in [0.25, 0.3) is 0 Å². The second-order valence-electron chi connectivity index (χ2n) is 4.20. The Morgan fingerprint density at radius 3 is 1.80 bits per heavy atom. The van der Waals surface area contributed by atoms with E-state index in [1.165, 1.54) is 6.92 Å². The van der Waals surface area contributed by atoms with Gasteiger partial charge in [-0.25, -0.2) is 0 Å². The van der Waals surface area contributed by atoms with Crippen LogP contribution in [0.4, 0.5) is 0 Å². The summed E-state index contributed by atoms with van der Waals surface area (Å²) in [5.74, 6) is -0.202. The van der Waals surface area contributed by atoms with Crippen LogP contribution < -0.4 is 0 Å². The number of carbonyl (C=O) groups excluding carboxylic acids is 3. The number of Topliss-reactive ketones (excluding diaryl/α,β-unsaturated/α-hetero) is 2. The molecule has 3 heteroatoms. The SMILES string of the molecule is CC(=O)CC(=O)c1ccccc1.O=Cc1ccccc1. The van der Waals surface area contributed by atoms with Gasteiger partial charge in [-0.2, -0.15) is 0 Å². The van der Waals surface area contributed by atoms with Gasteiger partial charge in [0.05, 0.1) is 6.42 Å². The third-order valence-electron chi connectivity index (χ3n) is 2.44. The van der Waals surface area contributed by atoms with Crippen molar-refractivity contribution in [3.05, 3.63) is 71.8 Å². The van der Waals surface area contributed by atoms with E-state index in [4.69, 9.17) is 0 Å². The fourth-order valence-corrected chi connectivity index (χ4v) is 1.48. The van der Waals surface area contributed by atoms with Crippen molar-refractivity contribution in [3.63, 3.8) is 0 Å². The fraction of sp³-hybridized carbons (Fsp3) is 0.118. The first-order chi connectivity index (χ1) is 9.63. The maximum atomic E-state index is 11.2. The highest BCUT2D eigenvalue weighted by Crippen LogP contribution is 2.02. The Morgan fingerprint density at radius 1 is 0.900 bits per heavy atom. The van der Waals surface area contributed by atoms with E-state index in [1.807, 2.05) is 24.3 Å². The molecule has 2 aromatic rings. The van der Waals surface area contributed by atoms with Crippen LogP contribution in [0.2, 0.25) is 0 Å². The summed E-state index contributed by atoms with van der Waals surface area (Å²) in [7, 11) is 0. The van der Waals surface area contributed by atoms with E-state index < -0.39 is 0 Å². The van der Waals surface area contributed by atoms with Crippen molar-refractivity contribution in [1.29, 1.82) is 0 Å². The molecule has 102 valence electrons. The molecule has 0 unspecified atom stereocenters. The molecule has 0 aromatic heterocycles. The summed E-state index contributed by atoms with van der Waals surface area (Å²) in [6.45, 7) is 1.42. The normalized spacial score (nSPS) is 9.05. The number of ketones is 2. The van der Waals surface area contributed by atoms with Gasteiger partial charge < -0.3 is 0 Å². The minimum absolute atomic E-state index is 0.00398. The summed E-state index contributed by atoms with van der Waals surface area (Å²) >= 11 is 0. The van der Waals surface area contributed by atoms with Crippen molar-refractivity contribution >= 4 is 17.9 Å². The van der Waals surface area contributed by atoms with Crippen LogP contribution >= 0.6 is 0 Å². The third kappa shape index (κ3) is 5.87. The second-order valence-corrected chi connectivity index (χ2v) is 4.20. The molecule has 0 saturated carbocycles. The Bertz CT molecular complexity index is 559. The molecule has 0 atom stereocenters. The predicted molar refractivity (Wildman–Crippen MR) is 77.9 cm³/mol. The highest BCUT2D eigenvalue weighted by Gasteiger charge is 2.06. The van der Waals surface area contributed by atoms with Gasteiger partial charge in [-0.05, 0) is 6.92 Å². The van der Waals surface area contributed by atoms with E-state index in [2.05, 4.69) is 0 Å². The van der Waals surface area contributed by atoms with Gasteiger partial charge in [-0.3, -0.25) is 14.4 Å². The quantitative estimate of drug-likeness (QED) is 0.485. The van der Waals surface area contributed by atoms with Gasteiger partial charge in [-0.15, -0.1) is 0 Å². The second kappa shape index (κ2) is 8.53. The Hall–Kier alpha value is -2.55. The fourth-order valence-electron chi connectivity index (χ4n) is 1.48. The van der Waals surface area contributed by atoms with Crippen molar-refractivity contribution in [2.24, 2.45) is 0 Å². The first-order valence-corrected chi connectivity index (χ1v) is 6.21. The summed E-state index contributed by atoms with van der Waals surface area (Å²) < 4.78 is 0. The molecule has 0 aliphatic heterocycles. The van der Waals surface area contributed by atoms with Gasteiger partial charge >= 0.3 is 0 Å². The molecule has 20 heavy (non-hydrogen) atoms. The zero-order chi connectivity index (χ0) is 14.8. The minimum atomic E-state index is -0.108. The molecule has 0 saturated heterocycles. The van der Waals surface area contributed by atoms with E-state index in [-0.39, 0.29) is 18.0 Å².